The number of anilines is 1. The van der Waals surface area contributed by atoms with Crippen LogP contribution in [0.2, 0.25) is 0 Å². The molecule has 0 aliphatic carbocycles. The van der Waals surface area contributed by atoms with Crippen molar-refractivity contribution in [2.45, 2.75) is 26.9 Å². The highest BCUT2D eigenvalue weighted by atomic mass is 16.2. The van der Waals surface area contributed by atoms with Gasteiger partial charge in [0.2, 0.25) is 5.91 Å². The number of nitrogens with zero attached hydrogens (tertiary/aromatic N) is 4. The van der Waals surface area contributed by atoms with Crippen LogP contribution >= 0.6 is 0 Å². The van der Waals surface area contributed by atoms with Crippen molar-refractivity contribution >= 4 is 17.5 Å². The van der Waals surface area contributed by atoms with Crippen molar-refractivity contribution in [2.24, 2.45) is 0 Å². The molecular weight excluding hydrogens is 354 g/mol. The zero-order valence-electron chi connectivity index (χ0n) is 15.8. The lowest BCUT2D eigenvalue weighted by Crippen LogP contribution is -2.38. The van der Waals surface area contributed by atoms with Gasteiger partial charge in [0.05, 0.1) is 6.54 Å². The topological polar surface area (TPSA) is 80.1 Å². The number of amides is 2. The minimum absolute atomic E-state index is 0.00969. The van der Waals surface area contributed by atoms with Crippen molar-refractivity contribution in [1.29, 1.82) is 0 Å². The summed E-state index contributed by atoms with van der Waals surface area (Å²) in [5, 5.41) is 11.4. The second-order valence-corrected chi connectivity index (χ2v) is 6.94. The quantitative estimate of drug-likeness (QED) is 0.763. The SMILES string of the molecule is CC(=O)Nc1ccc(-c2nnc3n2CCN(C(=O)c2ccc(C)cc2)C3)cc1. The fourth-order valence-corrected chi connectivity index (χ4v) is 3.33. The molecule has 0 spiro atoms. The molecule has 1 aliphatic rings. The first kappa shape index (κ1) is 17.9. The van der Waals surface area contributed by atoms with Crippen molar-refractivity contribution in [3.63, 3.8) is 0 Å². The van der Waals surface area contributed by atoms with E-state index >= 15 is 0 Å². The summed E-state index contributed by atoms with van der Waals surface area (Å²) in [4.78, 5) is 25.7. The van der Waals surface area contributed by atoms with Crippen molar-refractivity contribution in [3.8, 4) is 11.4 Å². The smallest absolute Gasteiger partial charge is 0.254 e. The van der Waals surface area contributed by atoms with Crippen LogP contribution in [0.25, 0.3) is 11.4 Å². The van der Waals surface area contributed by atoms with Gasteiger partial charge in [0, 0.05) is 36.8 Å². The largest absolute Gasteiger partial charge is 0.329 e. The molecule has 7 nitrogen and oxygen atoms in total. The van der Waals surface area contributed by atoms with Gasteiger partial charge in [-0.15, -0.1) is 10.2 Å². The second-order valence-electron chi connectivity index (χ2n) is 6.94. The Morgan fingerprint density at radius 1 is 0.964 bits per heavy atom. The number of carbonyl (C=O) groups excluding carboxylic acids is 2. The maximum Gasteiger partial charge on any atom is 0.254 e. The highest BCUT2D eigenvalue weighted by Gasteiger charge is 2.25. The average molecular weight is 375 g/mol. The molecule has 7 heteroatoms. The van der Waals surface area contributed by atoms with Gasteiger partial charge in [0.15, 0.2) is 11.6 Å². The fraction of sp³-hybridized carbons (Fsp3) is 0.238. The first-order valence-corrected chi connectivity index (χ1v) is 9.17. The first-order chi connectivity index (χ1) is 13.5. The van der Waals surface area contributed by atoms with E-state index in [0.717, 1.165) is 28.5 Å². The molecule has 0 bridgehead atoms. The summed E-state index contributed by atoms with van der Waals surface area (Å²) in [6.07, 6.45) is 0. The number of hydrogen-bond acceptors (Lipinski definition) is 4. The molecule has 28 heavy (non-hydrogen) atoms. The van der Waals surface area contributed by atoms with Gasteiger partial charge in [-0.2, -0.15) is 0 Å². The number of aryl methyl sites for hydroxylation is 1. The number of benzene rings is 2. The third kappa shape index (κ3) is 3.51. The Labute approximate surface area is 163 Å². The summed E-state index contributed by atoms with van der Waals surface area (Å²) in [5.74, 6) is 1.45. The van der Waals surface area contributed by atoms with Gasteiger partial charge in [0.25, 0.3) is 5.91 Å². The number of hydrogen-bond donors (Lipinski definition) is 1. The van der Waals surface area contributed by atoms with E-state index in [1.807, 2.05) is 60.0 Å². The predicted octanol–water partition coefficient (Wildman–Crippen LogP) is 2.87. The second kappa shape index (κ2) is 7.26. The average Bonchev–Trinajstić information content (AvgIpc) is 3.11. The van der Waals surface area contributed by atoms with Gasteiger partial charge < -0.3 is 14.8 Å². The van der Waals surface area contributed by atoms with E-state index in [2.05, 4.69) is 15.5 Å². The van der Waals surface area contributed by atoms with E-state index in [9.17, 15) is 9.59 Å². The first-order valence-electron chi connectivity index (χ1n) is 9.17. The minimum atomic E-state index is -0.106. The molecular formula is C21H21N5O2. The molecule has 3 aromatic rings. The molecule has 2 amide bonds. The number of aromatic nitrogens is 3. The summed E-state index contributed by atoms with van der Waals surface area (Å²) < 4.78 is 2.05. The van der Waals surface area contributed by atoms with Crippen molar-refractivity contribution < 1.29 is 9.59 Å². The lowest BCUT2D eigenvalue weighted by molar-refractivity contribution is -0.114. The summed E-state index contributed by atoms with van der Waals surface area (Å²) in [7, 11) is 0. The van der Waals surface area contributed by atoms with E-state index in [0.29, 0.717) is 25.2 Å². The fourth-order valence-electron chi connectivity index (χ4n) is 3.33. The minimum Gasteiger partial charge on any atom is -0.329 e. The van der Waals surface area contributed by atoms with Crippen LogP contribution in [0.5, 0.6) is 0 Å². The molecule has 4 rings (SSSR count). The Bertz CT molecular complexity index is 1020. The van der Waals surface area contributed by atoms with Crippen LogP contribution < -0.4 is 5.32 Å². The van der Waals surface area contributed by atoms with Crippen LogP contribution in [0, 0.1) is 6.92 Å². The summed E-state index contributed by atoms with van der Waals surface area (Å²) >= 11 is 0. The van der Waals surface area contributed by atoms with Gasteiger partial charge in [-0.3, -0.25) is 9.59 Å². The van der Waals surface area contributed by atoms with E-state index in [1.54, 1.807) is 4.90 Å². The molecule has 2 aromatic carbocycles. The highest BCUT2D eigenvalue weighted by molar-refractivity contribution is 5.94. The molecule has 0 fully saturated rings. The molecule has 1 aliphatic heterocycles. The Balaban J connectivity index is 1.52. The maximum absolute atomic E-state index is 12.8. The normalized spacial score (nSPS) is 13.1. The Hall–Kier alpha value is -3.48. The van der Waals surface area contributed by atoms with Crippen LogP contribution in [0.15, 0.2) is 48.5 Å². The number of rotatable bonds is 3. The van der Waals surface area contributed by atoms with Gasteiger partial charge in [0.1, 0.15) is 0 Å². The Kier molecular flexibility index (Phi) is 4.65. The van der Waals surface area contributed by atoms with Gasteiger partial charge >= 0.3 is 0 Å². The van der Waals surface area contributed by atoms with Crippen molar-refractivity contribution in [3.05, 3.63) is 65.5 Å². The van der Waals surface area contributed by atoms with E-state index in [1.165, 1.54) is 6.92 Å². The van der Waals surface area contributed by atoms with Crippen LogP contribution in [0.4, 0.5) is 5.69 Å². The maximum atomic E-state index is 12.8. The molecule has 0 saturated carbocycles. The van der Waals surface area contributed by atoms with Gasteiger partial charge in [-0.25, -0.2) is 0 Å². The lowest BCUT2D eigenvalue weighted by atomic mass is 10.1. The molecule has 0 unspecified atom stereocenters. The van der Waals surface area contributed by atoms with Crippen LogP contribution in [0.3, 0.4) is 0 Å². The summed E-state index contributed by atoms with van der Waals surface area (Å²) in [5.41, 5.74) is 3.48. The Morgan fingerprint density at radius 2 is 1.68 bits per heavy atom. The molecule has 0 saturated heterocycles. The van der Waals surface area contributed by atoms with Gasteiger partial charge in [-0.1, -0.05) is 17.7 Å². The number of carbonyl (C=O) groups is 2. The number of fused-ring (bicyclic) bond motifs is 1. The number of nitrogens with one attached hydrogen (secondary N) is 1. The van der Waals surface area contributed by atoms with E-state index in [4.69, 9.17) is 0 Å². The molecule has 0 atom stereocenters. The molecule has 1 N–H and O–H groups in total. The van der Waals surface area contributed by atoms with Gasteiger partial charge in [-0.05, 0) is 43.3 Å². The zero-order valence-corrected chi connectivity index (χ0v) is 15.8. The van der Waals surface area contributed by atoms with E-state index in [-0.39, 0.29) is 11.8 Å². The van der Waals surface area contributed by atoms with Crippen LogP contribution in [0.1, 0.15) is 28.7 Å². The monoisotopic (exact) mass is 375 g/mol. The molecule has 142 valence electrons. The van der Waals surface area contributed by atoms with E-state index < -0.39 is 0 Å². The van der Waals surface area contributed by atoms with Crippen LogP contribution in [-0.2, 0) is 17.9 Å². The van der Waals surface area contributed by atoms with Crippen LogP contribution in [-0.4, -0.2) is 38.0 Å². The predicted molar refractivity (Wildman–Crippen MR) is 106 cm³/mol. The highest BCUT2D eigenvalue weighted by Crippen LogP contribution is 2.24. The summed E-state index contributed by atoms with van der Waals surface area (Å²) in [6, 6.07) is 15.1. The lowest BCUT2D eigenvalue weighted by Gasteiger charge is -2.28. The Morgan fingerprint density at radius 3 is 2.36 bits per heavy atom. The molecule has 0 radical (unpaired) electrons. The van der Waals surface area contributed by atoms with Crippen molar-refractivity contribution in [1.82, 2.24) is 19.7 Å². The summed E-state index contributed by atoms with van der Waals surface area (Å²) in [6.45, 7) is 5.16. The standard InChI is InChI=1S/C21H21N5O2/c1-14-3-5-17(6-4-14)21(28)25-11-12-26-19(13-25)23-24-20(26)16-7-9-18(10-8-16)22-15(2)27/h3-10H,11-13H2,1-2H3,(H,22,27). The molecule has 1 aromatic heterocycles. The zero-order chi connectivity index (χ0) is 19.7. The van der Waals surface area contributed by atoms with Crippen molar-refractivity contribution in [2.75, 3.05) is 11.9 Å². The third-order valence-corrected chi connectivity index (χ3v) is 4.80. The third-order valence-electron chi connectivity index (χ3n) is 4.80. The molecule has 2 heterocycles.